The van der Waals surface area contributed by atoms with Crippen LogP contribution in [0.15, 0.2) is 12.4 Å². The Hall–Kier alpha value is -0.790. The molecule has 0 bridgehead atoms. The Morgan fingerprint density at radius 2 is 1.53 bits per heavy atom. The molecule has 7 heteroatoms. The second kappa shape index (κ2) is 5.94. The third-order valence-corrected chi connectivity index (χ3v) is 2.02. The summed E-state index contributed by atoms with van der Waals surface area (Å²) in [4.78, 5) is 4.51. The van der Waals surface area contributed by atoms with E-state index in [1.54, 1.807) is 0 Å². The smallest absolute Gasteiger partial charge is 0.359 e. The zero-order valence-corrected chi connectivity index (χ0v) is 9.98. The average molecular weight is 238 g/mol. The van der Waals surface area contributed by atoms with Crippen molar-refractivity contribution in [2.24, 2.45) is 0 Å². The van der Waals surface area contributed by atoms with Crippen molar-refractivity contribution in [3.05, 3.63) is 12.4 Å². The van der Waals surface area contributed by atoms with Gasteiger partial charge in [0.1, 0.15) is 6.17 Å². The molecule has 0 spiro atoms. The Bertz CT molecular complexity index is 282. The molecule has 6 nitrogen and oxygen atoms in total. The second-order valence-electron chi connectivity index (χ2n) is 3.35. The molecule has 0 aromatic carbocycles. The van der Waals surface area contributed by atoms with Gasteiger partial charge in [0.15, 0.2) is 0 Å². The highest BCUT2D eigenvalue weighted by Crippen LogP contribution is 2.15. The molecular weight excluding hydrogens is 220 g/mol. The zero-order chi connectivity index (χ0) is 12.1. The van der Waals surface area contributed by atoms with E-state index >= 15 is 0 Å². The van der Waals surface area contributed by atoms with E-state index in [0.29, 0.717) is 6.17 Å². The Balaban J connectivity index is 0.000000336. The van der Waals surface area contributed by atoms with E-state index in [-0.39, 0.29) is 0 Å². The van der Waals surface area contributed by atoms with Gasteiger partial charge in [-0.25, -0.2) is 0 Å². The van der Waals surface area contributed by atoms with Crippen LogP contribution < -0.4 is 0 Å². The van der Waals surface area contributed by atoms with Gasteiger partial charge in [0.2, 0.25) is 0 Å². The molecule has 1 aliphatic heterocycles. The van der Waals surface area contributed by atoms with E-state index < -0.39 is 10.4 Å². The molecule has 0 unspecified atom stereocenters. The van der Waals surface area contributed by atoms with Crippen molar-refractivity contribution in [3.8, 4) is 0 Å². The summed E-state index contributed by atoms with van der Waals surface area (Å²) >= 11 is 0. The fraction of sp³-hybridized carbons (Fsp3) is 0.750. The average Bonchev–Trinajstić information content (AvgIpc) is 2.33. The molecule has 0 radical (unpaired) electrons. The topological polar surface area (TPSA) is 81.1 Å². The van der Waals surface area contributed by atoms with E-state index in [9.17, 15) is 0 Å². The fourth-order valence-corrected chi connectivity index (χ4v) is 1.36. The Labute approximate surface area is 90.8 Å². The fourth-order valence-electron chi connectivity index (χ4n) is 1.36. The molecule has 0 fully saturated rings. The van der Waals surface area contributed by atoms with Gasteiger partial charge < -0.3 is 9.80 Å². The van der Waals surface area contributed by atoms with Crippen molar-refractivity contribution in [2.45, 2.75) is 25.9 Å². The van der Waals surface area contributed by atoms with Crippen molar-refractivity contribution < 1.29 is 17.5 Å². The van der Waals surface area contributed by atoms with Crippen LogP contribution in [0.25, 0.3) is 0 Å². The van der Waals surface area contributed by atoms with E-state index in [2.05, 4.69) is 43.2 Å². The third kappa shape index (κ3) is 7.18. The van der Waals surface area contributed by atoms with Crippen LogP contribution in [0.5, 0.6) is 0 Å². The molecule has 1 aliphatic rings. The summed E-state index contributed by atoms with van der Waals surface area (Å²) in [6, 6.07) is 0. The van der Waals surface area contributed by atoms with E-state index in [4.69, 9.17) is 17.5 Å². The number of hydrogen-bond donors (Lipinski definition) is 2. The molecule has 15 heavy (non-hydrogen) atoms. The predicted molar refractivity (Wildman–Crippen MR) is 57.5 cm³/mol. The first-order valence-corrected chi connectivity index (χ1v) is 5.97. The van der Waals surface area contributed by atoms with Crippen LogP contribution in [0.3, 0.4) is 0 Å². The number of nitrogens with zero attached hydrogens (tertiary/aromatic N) is 2. The first-order valence-electron chi connectivity index (χ1n) is 4.57. The maximum atomic E-state index is 8.74. The molecular formula is C8H18N2O4S. The van der Waals surface area contributed by atoms with E-state index in [1.165, 1.54) is 12.8 Å². The van der Waals surface area contributed by atoms with Gasteiger partial charge in [-0.05, 0) is 6.42 Å². The van der Waals surface area contributed by atoms with Crippen molar-refractivity contribution in [2.75, 3.05) is 14.1 Å². The minimum absolute atomic E-state index is 0.602. The van der Waals surface area contributed by atoms with Crippen molar-refractivity contribution >= 4 is 10.4 Å². The monoisotopic (exact) mass is 238 g/mol. The minimum atomic E-state index is -4.67. The van der Waals surface area contributed by atoms with Gasteiger partial charge >= 0.3 is 10.4 Å². The van der Waals surface area contributed by atoms with Gasteiger partial charge in [-0.15, -0.1) is 0 Å². The van der Waals surface area contributed by atoms with Gasteiger partial charge in [-0.2, -0.15) is 8.42 Å². The first kappa shape index (κ1) is 14.2. The standard InChI is InChI=1S/C8H16N2.H2O4S/c1-4-5-8-9(2)6-7-10(8)3;1-5(2,3)4/h6-8H,4-5H2,1-3H3;(H2,1,2,3,4). The normalized spacial score (nSPS) is 16.6. The van der Waals surface area contributed by atoms with Gasteiger partial charge in [0.25, 0.3) is 0 Å². The largest absolute Gasteiger partial charge is 0.394 e. The van der Waals surface area contributed by atoms with Crippen LogP contribution in [0.2, 0.25) is 0 Å². The summed E-state index contributed by atoms with van der Waals surface area (Å²) < 4.78 is 31.6. The van der Waals surface area contributed by atoms with Crippen LogP contribution in [0.4, 0.5) is 0 Å². The quantitative estimate of drug-likeness (QED) is 0.693. The maximum Gasteiger partial charge on any atom is 0.394 e. The van der Waals surface area contributed by atoms with Crippen molar-refractivity contribution in [1.82, 2.24) is 9.80 Å². The van der Waals surface area contributed by atoms with Crippen molar-refractivity contribution in [3.63, 3.8) is 0 Å². The van der Waals surface area contributed by atoms with Crippen LogP contribution in [0, 0.1) is 0 Å². The molecule has 90 valence electrons. The number of hydrogen-bond acceptors (Lipinski definition) is 4. The summed E-state index contributed by atoms with van der Waals surface area (Å²) in [5.41, 5.74) is 0. The van der Waals surface area contributed by atoms with Crippen LogP contribution in [-0.2, 0) is 10.4 Å². The van der Waals surface area contributed by atoms with E-state index in [0.717, 1.165) is 0 Å². The van der Waals surface area contributed by atoms with E-state index in [1.807, 2.05) is 0 Å². The van der Waals surface area contributed by atoms with Gasteiger partial charge in [-0.3, -0.25) is 9.11 Å². The highest BCUT2D eigenvalue weighted by molar-refractivity contribution is 7.79. The molecule has 2 N–H and O–H groups in total. The second-order valence-corrected chi connectivity index (χ2v) is 4.24. The lowest BCUT2D eigenvalue weighted by molar-refractivity contribution is 0.191. The summed E-state index contributed by atoms with van der Waals surface area (Å²) in [5, 5.41) is 0. The Kier molecular flexibility index (Phi) is 5.63. The molecule has 0 aromatic rings. The highest BCUT2D eigenvalue weighted by Gasteiger charge is 2.18. The first-order chi connectivity index (χ1) is 6.75. The summed E-state index contributed by atoms with van der Waals surface area (Å²) in [7, 11) is -0.416. The summed E-state index contributed by atoms with van der Waals surface area (Å²) in [6.07, 6.45) is 7.35. The molecule has 0 saturated carbocycles. The predicted octanol–water partition coefficient (Wildman–Crippen LogP) is 0.808. The zero-order valence-electron chi connectivity index (χ0n) is 9.16. The Morgan fingerprint density at radius 1 is 1.20 bits per heavy atom. The maximum absolute atomic E-state index is 8.74. The molecule has 1 rings (SSSR count). The summed E-state index contributed by atoms with van der Waals surface area (Å²) in [5.74, 6) is 0. The molecule has 0 saturated heterocycles. The lowest BCUT2D eigenvalue weighted by atomic mass is 10.2. The molecule has 0 aliphatic carbocycles. The minimum Gasteiger partial charge on any atom is -0.359 e. The lowest BCUT2D eigenvalue weighted by Crippen LogP contribution is -2.33. The molecule has 1 heterocycles. The SMILES string of the molecule is CCCC1N(C)C=CN1C.O=S(=O)(O)O. The van der Waals surface area contributed by atoms with Crippen molar-refractivity contribution in [1.29, 1.82) is 0 Å². The van der Waals surface area contributed by atoms with Gasteiger partial charge in [0, 0.05) is 26.5 Å². The van der Waals surface area contributed by atoms with Gasteiger partial charge in [-0.1, -0.05) is 13.3 Å². The number of rotatable bonds is 2. The summed E-state index contributed by atoms with van der Waals surface area (Å²) in [6.45, 7) is 2.22. The van der Waals surface area contributed by atoms with Gasteiger partial charge in [0.05, 0.1) is 0 Å². The molecule has 0 amide bonds. The van der Waals surface area contributed by atoms with Crippen LogP contribution in [-0.4, -0.2) is 47.6 Å². The highest BCUT2D eigenvalue weighted by atomic mass is 32.3. The third-order valence-electron chi connectivity index (χ3n) is 2.02. The molecule has 0 aromatic heterocycles. The van der Waals surface area contributed by atoms with Crippen LogP contribution >= 0.6 is 0 Å². The Morgan fingerprint density at radius 3 is 1.80 bits per heavy atom. The van der Waals surface area contributed by atoms with Crippen LogP contribution in [0.1, 0.15) is 19.8 Å². The lowest BCUT2D eigenvalue weighted by Gasteiger charge is -2.26. The molecule has 0 atom stereocenters.